The SMILES string of the molecule is CCc1ccc(C(C)C)c2c1[CH]([Zr])C(C)=C2. The number of allylic oxidation sites excluding steroid dienone is 1. The van der Waals surface area contributed by atoms with Crippen LogP contribution in [-0.2, 0) is 31.1 Å². The third-order valence-electron chi connectivity index (χ3n) is 3.53. The summed E-state index contributed by atoms with van der Waals surface area (Å²) in [6.07, 6.45) is 3.58. The molecule has 1 unspecified atom stereocenters. The van der Waals surface area contributed by atoms with Crippen LogP contribution in [0.2, 0.25) is 0 Å². The molecule has 0 aliphatic heterocycles. The molecule has 0 amide bonds. The van der Waals surface area contributed by atoms with Crippen molar-refractivity contribution in [3.8, 4) is 0 Å². The van der Waals surface area contributed by atoms with E-state index < -0.39 is 0 Å². The van der Waals surface area contributed by atoms with E-state index in [9.17, 15) is 0 Å². The Morgan fingerprint density at radius 2 is 2.00 bits per heavy atom. The summed E-state index contributed by atoms with van der Waals surface area (Å²) in [6.45, 7) is 9.13. The summed E-state index contributed by atoms with van der Waals surface area (Å²) in [7, 11) is 0. The van der Waals surface area contributed by atoms with Gasteiger partial charge in [-0.05, 0) is 0 Å². The Labute approximate surface area is 114 Å². The van der Waals surface area contributed by atoms with Crippen molar-refractivity contribution in [1.29, 1.82) is 0 Å². The second-order valence-corrected chi connectivity index (χ2v) is 6.39. The third-order valence-corrected chi connectivity index (χ3v) is 5.36. The Bertz CT molecular complexity index is 441. The van der Waals surface area contributed by atoms with Gasteiger partial charge in [-0.25, -0.2) is 0 Å². The van der Waals surface area contributed by atoms with E-state index in [2.05, 4.69) is 45.9 Å². The molecule has 1 aromatic carbocycles. The fourth-order valence-corrected chi connectivity index (χ4v) is 3.59. The molecule has 1 atom stereocenters. The van der Waals surface area contributed by atoms with Gasteiger partial charge in [0.05, 0.1) is 0 Å². The van der Waals surface area contributed by atoms with E-state index in [0.717, 1.165) is 6.42 Å². The van der Waals surface area contributed by atoms with E-state index in [0.29, 0.717) is 9.54 Å². The molecule has 16 heavy (non-hydrogen) atoms. The van der Waals surface area contributed by atoms with Crippen molar-refractivity contribution >= 4 is 6.08 Å². The van der Waals surface area contributed by atoms with Crippen molar-refractivity contribution in [2.24, 2.45) is 0 Å². The van der Waals surface area contributed by atoms with E-state index in [1.165, 1.54) is 11.1 Å². The Morgan fingerprint density at radius 3 is 2.56 bits per heavy atom. The molecule has 0 aromatic heterocycles. The average molecular weight is 291 g/mol. The van der Waals surface area contributed by atoms with Gasteiger partial charge in [0.2, 0.25) is 0 Å². The first kappa shape index (κ1) is 12.3. The van der Waals surface area contributed by atoms with Gasteiger partial charge in [-0.15, -0.1) is 0 Å². The zero-order valence-corrected chi connectivity index (χ0v) is 13.1. The summed E-state index contributed by atoms with van der Waals surface area (Å²) < 4.78 is 0.704. The van der Waals surface area contributed by atoms with Crippen LogP contribution in [0.3, 0.4) is 0 Å². The molecule has 1 heteroatoms. The molecule has 2 rings (SSSR count). The van der Waals surface area contributed by atoms with E-state index in [4.69, 9.17) is 0 Å². The number of aryl methyl sites for hydroxylation is 1. The molecule has 0 bridgehead atoms. The van der Waals surface area contributed by atoms with Crippen molar-refractivity contribution in [1.82, 2.24) is 0 Å². The first-order valence-electron chi connectivity index (χ1n) is 6.11. The van der Waals surface area contributed by atoms with E-state index in [1.54, 1.807) is 41.4 Å². The minimum absolute atomic E-state index is 0.629. The van der Waals surface area contributed by atoms with Gasteiger partial charge in [0.25, 0.3) is 0 Å². The Kier molecular flexibility index (Phi) is 3.54. The molecule has 0 N–H and O–H groups in total. The van der Waals surface area contributed by atoms with Crippen molar-refractivity contribution < 1.29 is 24.7 Å². The Balaban J connectivity index is 2.65. The number of fused-ring (bicyclic) bond motifs is 1. The molecule has 0 heterocycles. The van der Waals surface area contributed by atoms with E-state index in [-0.39, 0.29) is 0 Å². The van der Waals surface area contributed by atoms with Crippen LogP contribution in [0.5, 0.6) is 0 Å². The van der Waals surface area contributed by atoms with Crippen LogP contribution in [0.1, 0.15) is 59.5 Å². The number of benzene rings is 1. The Morgan fingerprint density at radius 1 is 1.31 bits per heavy atom. The van der Waals surface area contributed by atoms with Gasteiger partial charge in [-0.2, -0.15) is 0 Å². The zero-order chi connectivity index (χ0) is 11.9. The summed E-state index contributed by atoms with van der Waals surface area (Å²) >= 11 is 1.63. The summed E-state index contributed by atoms with van der Waals surface area (Å²) in [5.41, 5.74) is 7.79. The number of rotatable bonds is 2. The molecule has 0 nitrogen and oxygen atoms in total. The van der Waals surface area contributed by atoms with Crippen molar-refractivity contribution in [2.45, 2.75) is 43.7 Å². The fourth-order valence-electron chi connectivity index (χ4n) is 2.55. The third kappa shape index (κ3) is 1.88. The first-order chi connectivity index (χ1) is 7.56. The second kappa shape index (κ2) is 4.61. The van der Waals surface area contributed by atoms with Gasteiger partial charge >= 0.3 is 114 Å². The van der Waals surface area contributed by atoms with Crippen molar-refractivity contribution in [2.75, 3.05) is 0 Å². The van der Waals surface area contributed by atoms with Crippen molar-refractivity contribution in [3.05, 3.63) is 40.0 Å². The standard InChI is InChI=1S/C15H19.Zr/c1-5-12-6-7-13(10(2)3)15-9-11(4)8-14(12)15;/h6-10H,5H2,1-4H3;. The molecule has 0 fully saturated rings. The van der Waals surface area contributed by atoms with E-state index >= 15 is 0 Å². The molecule has 1 aliphatic carbocycles. The zero-order valence-electron chi connectivity index (χ0n) is 10.6. The molecule has 1 aromatic rings. The van der Waals surface area contributed by atoms with Gasteiger partial charge in [0, 0.05) is 0 Å². The molecular weight excluding hydrogens is 271 g/mol. The fraction of sp³-hybridized carbons (Fsp3) is 0.467. The number of hydrogen-bond donors (Lipinski definition) is 0. The molecule has 0 radical (unpaired) electrons. The van der Waals surface area contributed by atoms with E-state index in [1.807, 2.05) is 0 Å². The van der Waals surface area contributed by atoms with Crippen molar-refractivity contribution in [3.63, 3.8) is 0 Å². The summed E-state index contributed by atoms with van der Waals surface area (Å²) in [4.78, 5) is 0. The number of hydrogen-bond acceptors (Lipinski definition) is 0. The first-order valence-corrected chi connectivity index (χ1v) is 7.53. The van der Waals surface area contributed by atoms with Crippen LogP contribution in [0, 0.1) is 0 Å². The topological polar surface area (TPSA) is 0 Å². The van der Waals surface area contributed by atoms with Crippen LogP contribution >= 0.6 is 0 Å². The van der Waals surface area contributed by atoms with Crippen LogP contribution in [0.15, 0.2) is 17.7 Å². The van der Waals surface area contributed by atoms with Crippen LogP contribution in [0.4, 0.5) is 0 Å². The van der Waals surface area contributed by atoms with Gasteiger partial charge in [-0.1, -0.05) is 0 Å². The quantitative estimate of drug-likeness (QED) is 0.758. The molecule has 0 spiro atoms. The summed E-state index contributed by atoms with van der Waals surface area (Å²) in [5.74, 6) is 0.629. The predicted molar refractivity (Wildman–Crippen MR) is 66.3 cm³/mol. The van der Waals surface area contributed by atoms with Crippen LogP contribution in [-0.4, -0.2) is 0 Å². The summed E-state index contributed by atoms with van der Waals surface area (Å²) in [6, 6.07) is 4.68. The van der Waals surface area contributed by atoms with Gasteiger partial charge < -0.3 is 0 Å². The maximum atomic E-state index is 2.42. The molecule has 1 aliphatic rings. The average Bonchev–Trinajstić information content (AvgIpc) is 2.54. The predicted octanol–water partition coefficient (Wildman–Crippen LogP) is 4.38. The molecule has 0 saturated heterocycles. The monoisotopic (exact) mass is 289 g/mol. The minimum atomic E-state index is 0.629. The molecular formula is C15H19Zr. The van der Waals surface area contributed by atoms with Crippen LogP contribution < -0.4 is 0 Å². The van der Waals surface area contributed by atoms with Gasteiger partial charge in [0.15, 0.2) is 0 Å². The maximum absolute atomic E-state index is 2.42. The van der Waals surface area contributed by atoms with Gasteiger partial charge in [-0.3, -0.25) is 0 Å². The normalized spacial score (nSPS) is 18.8. The molecule has 83 valence electrons. The molecule has 0 saturated carbocycles. The van der Waals surface area contributed by atoms with Crippen LogP contribution in [0.25, 0.3) is 6.08 Å². The summed E-state index contributed by atoms with van der Waals surface area (Å²) in [5, 5.41) is 0. The van der Waals surface area contributed by atoms with Gasteiger partial charge in [0.1, 0.15) is 0 Å². The Hall–Kier alpha value is -0.157. The second-order valence-electron chi connectivity index (χ2n) is 4.97.